The van der Waals surface area contributed by atoms with Crippen LogP contribution in [0.15, 0.2) is 24.3 Å². The summed E-state index contributed by atoms with van der Waals surface area (Å²) in [5, 5.41) is 0. The number of benzene rings is 1. The average Bonchev–Trinajstić information content (AvgIpc) is 2.07. The molecule has 0 aliphatic rings. The van der Waals surface area contributed by atoms with Gasteiger partial charge in [0, 0.05) is 0 Å². The van der Waals surface area contributed by atoms with Gasteiger partial charge < -0.3 is 9.57 Å². The second kappa shape index (κ2) is 5.69. The fourth-order valence-electron chi connectivity index (χ4n) is 0.781. The molecule has 0 aliphatic heterocycles. The maximum absolute atomic E-state index is 5.21. The van der Waals surface area contributed by atoms with E-state index in [4.69, 9.17) is 10.6 Å². The Bertz CT molecular complexity index is 213. The van der Waals surface area contributed by atoms with Crippen molar-refractivity contribution in [3.8, 4) is 11.5 Å². The zero-order chi connectivity index (χ0) is 8.10. The van der Waals surface area contributed by atoms with Crippen LogP contribution in [-0.4, -0.2) is 6.61 Å². The lowest BCUT2D eigenvalue weighted by Crippen LogP contribution is -2.01. The minimum absolute atomic E-state index is 0. The predicted molar refractivity (Wildman–Crippen MR) is 49.7 cm³/mol. The van der Waals surface area contributed by atoms with E-state index in [2.05, 4.69) is 4.84 Å². The first-order chi connectivity index (χ1) is 5.36. The summed E-state index contributed by atoms with van der Waals surface area (Å²) in [5.74, 6) is 6.39. The predicted octanol–water partition coefficient (Wildman–Crippen LogP) is 1.76. The number of hydrogen-bond acceptors (Lipinski definition) is 3. The standard InChI is InChI=1S/C8H11NO2.ClH/c1-2-10-7-3-5-8(11-9)6-4-7;/h3-6H,2,9H2,1H3;1H. The zero-order valence-electron chi connectivity index (χ0n) is 6.82. The van der Waals surface area contributed by atoms with E-state index in [0.717, 1.165) is 5.75 Å². The molecule has 68 valence electrons. The third-order valence-corrected chi connectivity index (χ3v) is 1.27. The number of hydrogen-bond donors (Lipinski definition) is 1. The lowest BCUT2D eigenvalue weighted by Gasteiger charge is -2.02. The lowest BCUT2D eigenvalue weighted by atomic mass is 10.3. The van der Waals surface area contributed by atoms with Crippen LogP contribution in [0.4, 0.5) is 0 Å². The largest absolute Gasteiger partial charge is 0.494 e. The summed E-state index contributed by atoms with van der Waals surface area (Å²) in [7, 11) is 0. The van der Waals surface area contributed by atoms with Crippen LogP contribution in [0, 0.1) is 0 Å². The molecule has 0 saturated carbocycles. The second-order valence-corrected chi connectivity index (χ2v) is 2.02. The van der Waals surface area contributed by atoms with Gasteiger partial charge in [-0.2, -0.15) is 5.90 Å². The average molecular weight is 190 g/mol. The third-order valence-electron chi connectivity index (χ3n) is 1.27. The van der Waals surface area contributed by atoms with Gasteiger partial charge in [0.1, 0.15) is 11.5 Å². The van der Waals surface area contributed by atoms with Gasteiger partial charge in [-0.1, -0.05) is 0 Å². The Morgan fingerprint density at radius 3 is 2.08 bits per heavy atom. The van der Waals surface area contributed by atoms with E-state index in [-0.39, 0.29) is 12.4 Å². The minimum Gasteiger partial charge on any atom is -0.494 e. The van der Waals surface area contributed by atoms with E-state index in [1.165, 1.54) is 0 Å². The molecule has 1 aromatic rings. The maximum Gasteiger partial charge on any atom is 0.147 e. The van der Waals surface area contributed by atoms with Crippen LogP contribution in [0.5, 0.6) is 11.5 Å². The molecule has 4 heteroatoms. The zero-order valence-corrected chi connectivity index (χ0v) is 7.64. The summed E-state index contributed by atoms with van der Waals surface area (Å²) in [5.41, 5.74) is 0. The normalized spacial score (nSPS) is 8.50. The molecular formula is C8H12ClNO2. The number of nitrogens with two attached hydrogens (primary N) is 1. The highest BCUT2D eigenvalue weighted by Gasteiger charge is 1.92. The molecule has 1 rings (SSSR count). The summed E-state index contributed by atoms with van der Waals surface area (Å²) >= 11 is 0. The van der Waals surface area contributed by atoms with Crippen LogP contribution in [0.2, 0.25) is 0 Å². The van der Waals surface area contributed by atoms with Crippen LogP contribution in [0.25, 0.3) is 0 Å². The lowest BCUT2D eigenvalue weighted by molar-refractivity contribution is 0.327. The van der Waals surface area contributed by atoms with Crippen molar-refractivity contribution in [2.45, 2.75) is 6.92 Å². The van der Waals surface area contributed by atoms with Crippen LogP contribution < -0.4 is 15.5 Å². The van der Waals surface area contributed by atoms with Gasteiger partial charge in [0.25, 0.3) is 0 Å². The molecule has 0 unspecified atom stereocenters. The maximum atomic E-state index is 5.21. The Morgan fingerprint density at radius 2 is 1.67 bits per heavy atom. The first-order valence-electron chi connectivity index (χ1n) is 3.46. The quantitative estimate of drug-likeness (QED) is 0.737. The molecule has 0 bridgehead atoms. The van der Waals surface area contributed by atoms with E-state index in [1.54, 1.807) is 12.1 Å². The van der Waals surface area contributed by atoms with Gasteiger partial charge in [-0.05, 0) is 31.2 Å². The highest BCUT2D eigenvalue weighted by atomic mass is 35.5. The second-order valence-electron chi connectivity index (χ2n) is 2.02. The van der Waals surface area contributed by atoms with Crippen molar-refractivity contribution in [1.82, 2.24) is 0 Å². The molecule has 0 aromatic heterocycles. The summed E-state index contributed by atoms with van der Waals surface area (Å²) in [6.07, 6.45) is 0. The van der Waals surface area contributed by atoms with Crippen molar-refractivity contribution in [3.05, 3.63) is 24.3 Å². The topological polar surface area (TPSA) is 44.5 Å². The Morgan fingerprint density at radius 1 is 1.17 bits per heavy atom. The molecule has 0 saturated heterocycles. The minimum atomic E-state index is 0. The van der Waals surface area contributed by atoms with Gasteiger partial charge in [-0.15, -0.1) is 12.4 Å². The van der Waals surface area contributed by atoms with Gasteiger partial charge in [0.05, 0.1) is 6.61 Å². The molecule has 1 aromatic carbocycles. The molecule has 12 heavy (non-hydrogen) atoms. The van der Waals surface area contributed by atoms with Gasteiger partial charge in [0.15, 0.2) is 0 Å². The molecule has 0 heterocycles. The van der Waals surface area contributed by atoms with Crippen molar-refractivity contribution in [3.63, 3.8) is 0 Å². The van der Waals surface area contributed by atoms with Gasteiger partial charge >= 0.3 is 0 Å². The summed E-state index contributed by atoms with van der Waals surface area (Å²) in [6, 6.07) is 7.13. The molecule has 0 spiro atoms. The molecule has 0 fully saturated rings. The van der Waals surface area contributed by atoms with Crippen molar-refractivity contribution < 1.29 is 9.57 Å². The van der Waals surface area contributed by atoms with E-state index in [0.29, 0.717) is 12.4 Å². The highest BCUT2D eigenvalue weighted by molar-refractivity contribution is 5.85. The van der Waals surface area contributed by atoms with Crippen molar-refractivity contribution in [2.24, 2.45) is 5.90 Å². The van der Waals surface area contributed by atoms with Crippen molar-refractivity contribution >= 4 is 12.4 Å². The molecule has 0 radical (unpaired) electrons. The Hall–Kier alpha value is -0.930. The SMILES string of the molecule is CCOc1ccc(ON)cc1.Cl. The molecule has 0 atom stereocenters. The van der Waals surface area contributed by atoms with E-state index < -0.39 is 0 Å². The van der Waals surface area contributed by atoms with Gasteiger partial charge in [0.2, 0.25) is 0 Å². The third kappa shape index (κ3) is 2.98. The van der Waals surface area contributed by atoms with Crippen LogP contribution in [-0.2, 0) is 0 Å². The van der Waals surface area contributed by atoms with E-state index in [1.807, 2.05) is 19.1 Å². The summed E-state index contributed by atoms with van der Waals surface area (Å²) in [4.78, 5) is 4.49. The monoisotopic (exact) mass is 189 g/mol. The fraction of sp³-hybridized carbons (Fsp3) is 0.250. The summed E-state index contributed by atoms with van der Waals surface area (Å²) < 4.78 is 5.21. The summed E-state index contributed by atoms with van der Waals surface area (Å²) in [6.45, 7) is 2.61. The first kappa shape index (κ1) is 11.1. The van der Waals surface area contributed by atoms with Crippen molar-refractivity contribution in [2.75, 3.05) is 6.61 Å². The molecule has 3 nitrogen and oxygen atoms in total. The Labute approximate surface area is 77.8 Å². The first-order valence-corrected chi connectivity index (χ1v) is 3.46. The molecule has 0 aliphatic carbocycles. The number of ether oxygens (including phenoxy) is 1. The van der Waals surface area contributed by atoms with Crippen LogP contribution in [0.3, 0.4) is 0 Å². The highest BCUT2D eigenvalue weighted by Crippen LogP contribution is 2.15. The molecule has 2 N–H and O–H groups in total. The smallest absolute Gasteiger partial charge is 0.147 e. The number of rotatable bonds is 3. The van der Waals surface area contributed by atoms with Crippen LogP contribution >= 0.6 is 12.4 Å². The fourth-order valence-corrected chi connectivity index (χ4v) is 0.781. The van der Waals surface area contributed by atoms with Gasteiger partial charge in [-0.25, -0.2) is 0 Å². The Balaban J connectivity index is 0.00000121. The van der Waals surface area contributed by atoms with Crippen LogP contribution in [0.1, 0.15) is 6.92 Å². The Kier molecular flexibility index (Phi) is 5.25. The van der Waals surface area contributed by atoms with E-state index in [9.17, 15) is 0 Å². The van der Waals surface area contributed by atoms with E-state index >= 15 is 0 Å². The van der Waals surface area contributed by atoms with Crippen molar-refractivity contribution in [1.29, 1.82) is 0 Å². The molecular weight excluding hydrogens is 178 g/mol. The number of halogens is 1. The molecule has 0 amide bonds. The van der Waals surface area contributed by atoms with Gasteiger partial charge in [-0.3, -0.25) is 0 Å².